The standard InChI is InChI=1S/C14H19NO5/c1-4-18-12-7-6-11(8-13(12)19-5-2)15-14(17)9-20-10(3)16/h6-8H,4-5,9H2,1-3H3,(H,15,17). The van der Waals surface area contributed by atoms with Crippen LogP contribution < -0.4 is 14.8 Å². The van der Waals surface area contributed by atoms with Gasteiger partial charge in [-0.25, -0.2) is 0 Å². The molecule has 1 N–H and O–H groups in total. The van der Waals surface area contributed by atoms with Crippen LogP contribution in [0.25, 0.3) is 0 Å². The summed E-state index contributed by atoms with van der Waals surface area (Å²) in [5.74, 6) is 0.264. The van der Waals surface area contributed by atoms with Crippen molar-refractivity contribution in [2.75, 3.05) is 25.1 Å². The van der Waals surface area contributed by atoms with Crippen LogP contribution in [0.15, 0.2) is 18.2 Å². The summed E-state index contributed by atoms with van der Waals surface area (Å²) in [6.45, 7) is 5.69. The largest absolute Gasteiger partial charge is 0.490 e. The van der Waals surface area contributed by atoms with Gasteiger partial charge in [0.25, 0.3) is 5.91 Å². The van der Waals surface area contributed by atoms with Gasteiger partial charge in [-0.2, -0.15) is 0 Å². The van der Waals surface area contributed by atoms with Crippen LogP contribution in [0.3, 0.4) is 0 Å². The lowest BCUT2D eigenvalue weighted by Crippen LogP contribution is -2.19. The average Bonchev–Trinajstić information content (AvgIpc) is 2.40. The van der Waals surface area contributed by atoms with Crippen molar-refractivity contribution in [1.82, 2.24) is 0 Å². The van der Waals surface area contributed by atoms with Gasteiger partial charge in [0, 0.05) is 18.7 Å². The van der Waals surface area contributed by atoms with Gasteiger partial charge in [-0.3, -0.25) is 9.59 Å². The minimum Gasteiger partial charge on any atom is -0.490 e. The lowest BCUT2D eigenvalue weighted by Gasteiger charge is -2.13. The number of amides is 1. The number of anilines is 1. The summed E-state index contributed by atoms with van der Waals surface area (Å²) in [5, 5.41) is 2.61. The molecule has 1 amide bonds. The van der Waals surface area contributed by atoms with Gasteiger partial charge in [-0.1, -0.05) is 0 Å². The maximum atomic E-state index is 11.5. The molecule has 110 valence electrons. The topological polar surface area (TPSA) is 73.9 Å². The average molecular weight is 281 g/mol. The van der Waals surface area contributed by atoms with Crippen molar-refractivity contribution in [3.63, 3.8) is 0 Å². The van der Waals surface area contributed by atoms with E-state index in [1.165, 1.54) is 6.92 Å². The summed E-state index contributed by atoms with van der Waals surface area (Å²) in [7, 11) is 0. The Kier molecular flexibility index (Phi) is 6.36. The molecule has 0 heterocycles. The van der Waals surface area contributed by atoms with E-state index in [0.29, 0.717) is 30.4 Å². The van der Waals surface area contributed by atoms with Gasteiger partial charge in [0.2, 0.25) is 0 Å². The molecule has 0 radical (unpaired) electrons. The van der Waals surface area contributed by atoms with Crippen molar-refractivity contribution in [3.8, 4) is 11.5 Å². The van der Waals surface area contributed by atoms with Crippen molar-refractivity contribution in [3.05, 3.63) is 18.2 Å². The molecule has 0 saturated carbocycles. The van der Waals surface area contributed by atoms with E-state index in [4.69, 9.17) is 9.47 Å². The summed E-state index contributed by atoms with van der Waals surface area (Å²) >= 11 is 0. The third-order valence-corrected chi connectivity index (χ3v) is 2.23. The van der Waals surface area contributed by atoms with Crippen LogP contribution in [0.5, 0.6) is 11.5 Å². The third-order valence-electron chi connectivity index (χ3n) is 2.23. The first-order chi connectivity index (χ1) is 9.56. The molecule has 0 bridgehead atoms. The Morgan fingerprint density at radius 3 is 2.35 bits per heavy atom. The molecule has 0 fully saturated rings. The lowest BCUT2D eigenvalue weighted by molar-refractivity contribution is -0.144. The third kappa shape index (κ3) is 5.17. The molecule has 0 atom stereocenters. The van der Waals surface area contributed by atoms with Gasteiger partial charge >= 0.3 is 5.97 Å². The monoisotopic (exact) mass is 281 g/mol. The molecule has 0 aliphatic rings. The molecule has 1 rings (SSSR count). The Balaban J connectivity index is 2.73. The van der Waals surface area contributed by atoms with Crippen molar-refractivity contribution in [2.45, 2.75) is 20.8 Å². The molecule has 0 aromatic heterocycles. The fourth-order valence-corrected chi connectivity index (χ4v) is 1.49. The van der Waals surface area contributed by atoms with Crippen LogP contribution in [0.1, 0.15) is 20.8 Å². The Bertz CT molecular complexity index is 473. The molecule has 6 nitrogen and oxygen atoms in total. The van der Waals surface area contributed by atoms with Gasteiger partial charge in [0.15, 0.2) is 18.1 Å². The quantitative estimate of drug-likeness (QED) is 0.774. The van der Waals surface area contributed by atoms with Crippen LogP contribution in [0, 0.1) is 0 Å². The first-order valence-electron chi connectivity index (χ1n) is 6.39. The fraction of sp³-hybridized carbons (Fsp3) is 0.429. The second-order valence-corrected chi connectivity index (χ2v) is 3.86. The molecule has 20 heavy (non-hydrogen) atoms. The lowest BCUT2D eigenvalue weighted by atomic mass is 10.2. The number of esters is 1. The van der Waals surface area contributed by atoms with Crippen LogP contribution in [-0.2, 0) is 14.3 Å². The van der Waals surface area contributed by atoms with E-state index in [2.05, 4.69) is 10.1 Å². The zero-order chi connectivity index (χ0) is 15.0. The van der Waals surface area contributed by atoms with Gasteiger partial charge in [0.05, 0.1) is 13.2 Å². The fourth-order valence-electron chi connectivity index (χ4n) is 1.49. The highest BCUT2D eigenvalue weighted by atomic mass is 16.5. The van der Waals surface area contributed by atoms with Crippen LogP contribution in [0.2, 0.25) is 0 Å². The number of hydrogen-bond acceptors (Lipinski definition) is 5. The summed E-state index contributed by atoms with van der Waals surface area (Å²) in [6, 6.07) is 5.08. The first kappa shape index (κ1) is 15.8. The summed E-state index contributed by atoms with van der Waals surface area (Å²) in [6.07, 6.45) is 0. The Labute approximate surface area is 118 Å². The number of carbonyl (C=O) groups excluding carboxylic acids is 2. The van der Waals surface area contributed by atoms with Crippen molar-refractivity contribution in [1.29, 1.82) is 0 Å². The van der Waals surface area contributed by atoms with Gasteiger partial charge < -0.3 is 19.5 Å². The zero-order valence-electron chi connectivity index (χ0n) is 11.9. The number of hydrogen-bond donors (Lipinski definition) is 1. The van der Waals surface area contributed by atoms with Crippen molar-refractivity contribution >= 4 is 17.6 Å². The Hall–Kier alpha value is -2.24. The maximum Gasteiger partial charge on any atom is 0.303 e. The van der Waals surface area contributed by atoms with Gasteiger partial charge in [-0.05, 0) is 26.0 Å². The minimum absolute atomic E-state index is 0.313. The van der Waals surface area contributed by atoms with E-state index in [-0.39, 0.29) is 6.61 Å². The number of rotatable bonds is 7. The molecule has 6 heteroatoms. The number of benzene rings is 1. The van der Waals surface area contributed by atoms with Crippen LogP contribution in [-0.4, -0.2) is 31.7 Å². The Morgan fingerprint density at radius 1 is 1.10 bits per heavy atom. The second-order valence-electron chi connectivity index (χ2n) is 3.86. The predicted octanol–water partition coefficient (Wildman–Crippen LogP) is 1.99. The van der Waals surface area contributed by atoms with E-state index in [9.17, 15) is 9.59 Å². The molecular formula is C14H19NO5. The van der Waals surface area contributed by atoms with E-state index >= 15 is 0 Å². The zero-order valence-corrected chi connectivity index (χ0v) is 11.9. The molecule has 0 unspecified atom stereocenters. The van der Waals surface area contributed by atoms with E-state index < -0.39 is 11.9 Å². The summed E-state index contributed by atoms with van der Waals surface area (Å²) in [5.41, 5.74) is 0.550. The highest BCUT2D eigenvalue weighted by molar-refractivity contribution is 5.93. The Morgan fingerprint density at radius 2 is 1.75 bits per heavy atom. The van der Waals surface area contributed by atoms with Crippen LogP contribution in [0.4, 0.5) is 5.69 Å². The SMILES string of the molecule is CCOc1ccc(NC(=O)COC(C)=O)cc1OCC. The number of nitrogens with one attached hydrogen (secondary N) is 1. The molecule has 0 aliphatic carbocycles. The smallest absolute Gasteiger partial charge is 0.303 e. The molecular weight excluding hydrogens is 262 g/mol. The van der Waals surface area contributed by atoms with Gasteiger partial charge in [-0.15, -0.1) is 0 Å². The van der Waals surface area contributed by atoms with Crippen molar-refractivity contribution < 1.29 is 23.8 Å². The number of carbonyl (C=O) groups is 2. The summed E-state index contributed by atoms with van der Waals surface area (Å²) in [4.78, 5) is 22.2. The second kappa shape index (κ2) is 8.04. The molecule has 0 saturated heterocycles. The molecule has 0 aliphatic heterocycles. The van der Waals surface area contributed by atoms with Crippen molar-refractivity contribution in [2.24, 2.45) is 0 Å². The normalized spacial score (nSPS) is 9.75. The molecule has 0 spiro atoms. The first-order valence-corrected chi connectivity index (χ1v) is 6.39. The predicted molar refractivity (Wildman–Crippen MR) is 74.0 cm³/mol. The molecule has 1 aromatic carbocycles. The van der Waals surface area contributed by atoms with Gasteiger partial charge in [0.1, 0.15) is 0 Å². The highest BCUT2D eigenvalue weighted by Crippen LogP contribution is 2.30. The summed E-state index contributed by atoms with van der Waals surface area (Å²) < 4.78 is 15.5. The highest BCUT2D eigenvalue weighted by Gasteiger charge is 2.09. The number of ether oxygens (including phenoxy) is 3. The minimum atomic E-state index is -0.498. The maximum absolute atomic E-state index is 11.5. The molecule has 1 aromatic rings. The van der Waals surface area contributed by atoms with E-state index in [1.807, 2.05) is 13.8 Å². The van der Waals surface area contributed by atoms with E-state index in [0.717, 1.165) is 0 Å². The van der Waals surface area contributed by atoms with Crippen LogP contribution >= 0.6 is 0 Å². The van der Waals surface area contributed by atoms with E-state index in [1.54, 1.807) is 18.2 Å².